The Morgan fingerprint density at radius 3 is 2.45 bits per heavy atom. The standard InChI is InChI=1S/C24H24F2N2O2S/c1-17-4-10-22(14-23(17)26)31(29,30)28-12-2-3-20(16-28)24-11-7-19(15-27-24)13-18-5-8-21(25)9-6-18/h4-11,14-15,20H,2-3,12-13,16H2,1H3/t20-/m0/s1. The first-order valence-corrected chi connectivity index (χ1v) is 11.7. The lowest BCUT2D eigenvalue weighted by molar-refractivity contribution is 0.312. The van der Waals surface area contributed by atoms with Gasteiger partial charge in [0.1, 0.15) is 11.6 Å². The molecule has 1 aliphatic heterocycles. The third-order valence-corrected chi connectivity index (χ3v) is 7.61. The van der Waals surface area contributed by atoms with Gasteiger partial charge in [0.05, 0.1) is 4.90 Å². The van der Waals surface area contributed by atoms with Crippen LogP contribution in [0, 0.1) is 18.6 Å². The number of sulfonamides is 1. The number of halogens is 2. The van der Waals surface area contributed by atoms with Gasteiger partial charge in [0, 0.05) is 30.9 Å². The summed E-state index contributed by atoms with van der Waals surface area (Å²) in [4.78, 5) is 4.56. The van der Waals surface area contributed by atoms with Gasteiger partial charge in [-0.1, -0.05) is 24.3 Å². The topological polar surface area (TPSA) is 50.3 Å². The highest BCUT2D eigenvalue weighted by Crippen LogP contribution is 2.30. The second-order valence-corrected chi connectivity index (χ2v) is 9.95. The van der Waals surface area contributed by atoms with Crippen molar-refractivity contribution >= 4 is 10.0 Å². The number of rotatable bonds is 5. The Morgan fingerprint density at radius 1 is 1.03 bits per heavy atom. The maximum Gasteiger partial charge on any atom is 0.243 e. The van der Waals surface area contributed by atoms with Crippen molar-refractivity contribution in [1.29, 1.82) is 0 Å². The number of aryl methyl sites for hydroxylation is 1. The molecule has 31 heavy (non-hydrogen) atoms. The molecule has 0 amide bonds. The Morgan fingerprint density at radius 2 is 1.77 bits per heavy atom. The normalized spacial score (nSPS) is 17.6. The Hall–Kier alpha value is -2.64. The van der Waals surface area contributed by atoms with E-state index in [1.807, 2.05) is 12.1 Å². The van der Waals surface area contributed by atoms with Crippen LogP contribution in [0.25, 0.3) is 0 Å². The summed E-state index contributed by atoms with van der Waals surface area (Å²) in [7, 11) is -3.76. The molecule has 0 aliphatic carbocycles. The van der Waals surface area contributed by atoms with E-state index in [9.17, 15) is 17.2 Å². The van der Waals surface area contributed by atoms with Crippen molar-refractivity contribution in [2.45, 2.75) is 37.0 Å². The molecule has 0 saturated carbocycles. The van der Waals surface area contributed by atoms with Crippen LogP contribution in [0.3, 0.4) is 0 Å². The molecule has 3 aromatic rings. The summed E-state index contributed by atoms with van der Waals surface area (Å²) in [5.74, 6) is -0.797. The number of pyridine rings is 1. The van der Waals surface area contributed by atoms with E-state index in [1.165, 1.54) is 28.6 Å². The SMILES string of the molecule is Cc1ccc(S(=O)(=O)N2CCC[C@H](c3ccc(Cc4ccc(F)cc4)cn3)C2)cc1F. The summed E-state index contributed by atoms with van der Waals surface area (Å²) in [6.07, 6.45) is 4.01. The summed E-state index contributed by atoms with van der Waals surface area (Å²) >= 11 is 0. The van der Waals surface area contributed by atoms with E-state index in [2.05, 4.69) is 4.98 Å². The largest absolute Gasteiger partial charge is 0.261 e. The van der Waals surface area contributed by atoms with Crippen LogP contribution in [0.15, 0.2) is 65.7 Å². The van der Waals surface area contributed by atoms with Gasteiger partial charge in [0.2, 0.25) is 10.0 Å². The molecule has 2 aromatic carbocycles. The average molecular weight is 443 g/mol. The Kier molecular flexibility index (Phi) is 6.16. The molecule has 4 nitrogen and oxygen atoms in total. The molecule has 0 bridgehead atoms. The fourth-order valence-electron chi connectivity index (χ4n) is 3.91. The van der Waals surface area contributed by atoms with Crippen LogP contribution in [-0.4, -0.2) is 30.8 Å². The van der Waals surface area contributed by atoms with Crippen LogP contribution >= 0.6 is 0 Å². The highest BCUT2D eigenvalue weighted by atomic mass is 32.2. The van der Waals surface area contributed by atoms with Gasteiger partial charge in [-0.3, -0.25) is 4.98 Å². The molecule has 0 spiro atoms. The van der Waals surface area contributed by atoms with Gasteiger partial charge < -0.3 is 0 Å². The number of nitrogens with zero attached hydrogens (tertiary/aromatic N) is 2. The molecule has 4 rings (SSSR count). The minimum absolute atomic E-state index is 0.0149. The predicted octanol–water partition coefficient (Wildman–Crippen LogP) is 4.83. The van der Waals surface area contributed by atoms with Crippen molar-refractivity contribution in [3.05, 3.63) is 94.8 Å². The van der Waals surface area contributed by atoms with E-state index in [-0.39, 0.29) is 16.6 Å². The lowest BCUT2D eigenvalue weighted by atomic mass is 9.95. The van der Waals surface area contributed by atoms with Crippen LogP contribution in [-0.2, 0) is 16.4 Å². The minimum atomic E-state index is -3.76. The summed E-state index contributed by atoms with van der Waals surface area (Å²) in [5.41, 5.74) is 3.26. The van der Waals surface area contributed by atoms with E-state index >= 15 is 0 Å². The van der Waals surface area contributed by atoms with E-state index in [4.69, 9.17) is 0 Å². The van der Waals surface area contributed by atoms with Crippen molar-refractivity contribution in [2.75, 3.05) is 13.1 Å². The summed E-state index contributed by atoms with van der Waals surface area (Å²) in [6, 6.07) is 14.3. The first kappa shape index (κ1) is 21.6. The monoisotopic (exact) mass is 442 g/mol. The summed E-state index contributed by atoms with van der Waals surface area (Å²) < 4.78 is 54.5. The zero-order chi connectivity index (χ0) is 22.0. The Bertz CT molecular complexity index is 1160. The zero-order valence-electron chi connectivity index (χ0n) is 17.3. The van der Waals surface area contributed by atoms with Crippen LogP contribution in [0.5, 0.6) is 0 Å². The molecule has 1 aliphatic rings. The van der Waals surface area contributed by atoms with Gasteiger partial charge in [0.25, 0.3) is 0 Å². The molecular formula is C24H24F2N2O2S. The van der Waals surface area contributed by atoms with Crippen LogP contribution in [0.2, 0.25) is 0 Å². The lowest BCUT2D eigenvalue weighted by Gasteiger charge is -2.31. The number of hydrogen-bond acceptors (Lipinski definition) is 3. The van der Waals surface area contributed by atoms with Crippen molar-refractivity contribution in [3.8, 4) is 0 Å². The molecule has 0 radical (unpaired) electrons. The highest BCUT2D eigenvalue weighted by Gasteiger charge is 2.31. The second-order valence-electron chi connectivity index (χ2n) is 8.01. The van der Waals surface area contributed by atoms with E-state index in [0.29, 0.717) is 25.1 Å². The fraction of sp³-hybridized carbons (Fsp3) is 0.292. The highest BCUT2D eigenvalue weighted by molar-refractivity contribution is 7.89. The van der Waals surface area contributed by atoms with Gasteiger partial charge in [0.15, 0.2) is 0 Å². The summed E-state index contributed by atoms with van der Waals surface area (Å²) in [6.45, 7) is 2.34. The molecule has 1 saturated heterocycles. The van der Waals surface area contributed by atoms with E-state index in [1.54, 1.807) is 25.3 Å². The van der Waals surface area contributed by atoms with Crippen molar-refractivity contribution in [3.63, 3.8) is 0 Å². The predicted molar refractivity (Wildman–Crippen MR) is 115 cm³/mol. The maximum absolute atomic E-state index is 13.9. The van der Waals surface area contributed by atoms with Gasteiger partial charge in [-0.05, 0) is 73.2 Å². The molecule has 1 fully saturated rings. The van der Waals surface area contributed by atoms with E-state index in [0.717, 1.165) is 35.7 Å². The molecule has 0 unspecified atom stereocenters. The molecule has 7 heteroatoms. The van der Waals surface area contributed by atoms with Crippen LogP contribution < -0.4 is 0 Å². The first-order chi connectivity index (χ1) is 14.8. The van der Waals surface area contributed by atoms with Crippen LogP contribution in [0.4, 0.5) is 8.78 Å². The Labute approximate surface area is 181 Å². The fourth-order valence-corrected chi connectivity index (χ4v) is 5.44. The van der Waals surface area contributed by atoms with E-state index < -0.39 is 15.8 Å². The third kappa shape index (κ3) is 4.83. The number of piperidine rings is 1. The quantitative estimate of drug-likeness (QED) is 0.569. The van der Waals surface area contributed by atoms with Gasteiger partial charge in [-0.2, -0.15) is 4.31 Å². The second kappa shape index (κ2) is 8.85. The minimum Gasteiger partial charge on any atom is -0.261 e. The van der Waals surface area contributed by atoms with Crippen molar-refractivity contribution in [1.82, 2.24) is 9.29 Å². The molecule has 162 valence electrons. The molecule has 1 aromatic heterocycles. The molecule has 0 N–H and O–H groups in total. The Balaban J connectivity index is 1.47. The zero-order valence-corrected chi connectivity index (χ0v) is 18.1. The lowest BCUT2D eigenvalue weighted by Crippen LogP contribution is -2.39. The molecular weight excluding hydrogens is 418 g/mol. The molecule has 2 heterocycles. The first-order valence-electron chi connectivity index (χ1n) is 10.3. The van der Waals surface area contributed by atoms with Crippen molar-refractivity contribution < 1.29 is 17.2 Å². The summed E-state index contributed by atoms with van der Waals surface area (Å²) in [5, 5.41) is 0. The number of aromatic nitrogens is 1. The molecule has 1 atom stereocenters. The number of hydrogen-bond donors (Lipinski definition) is 0. The van der Waals surface area contributed by atoms with Crippen LogP contribution in [0.1, 0.15) is 41.1 Å². The van der Waals surface area contributed by atoms with Gasteiger partial charge in [-0.15, -0.1) is 0 Å². The maximum atomic E-state index is 13.9. The third-order valence-electron chi connectivity index (χ3n) is 5.75. The smallest absolute Gasteiger partial charge is 0.243 e. The van der Waals surface area contributed by atoms with Gasteiger partial charge >= 0.3 is 0 Å². The number of benzene rings is 2. The van der Waals surface area contributed by atoms with Gasteiger partial charge in [-0.25, -0.2) is 17.2 Å². The average Bonchev–Trinajstić information content (AvgIpc) is 2.78. The van der Waals surface area contributed by atoms with Crippen molar-refractivity contribution in [2.24, 2.45) is 0 Å².